The maximum Gasteiger partial charge on any atom is 0.246 e. The Kier molecular flexibility index (Phi) is 4.46. The number of rotatable bonds is 4. The first-order valence-electron chi connectivity index (χ1n) is 10.4. The van der Waals surface area contributed by atoms with Crippen molar-refractivity contribution in [3.8, 4) is 0 Å². The van der Waals surface area contributed by atoms with Crippen LogP contribution in [0.15, 0.2) is 30.3 Å². The van der Waals surface area contributed by atoms with E-state index in [0.717, 1.165) is 24.8 Å². The highest BCUT2D eigenvalue weighted by molar-refractivity contribution is 6.09. The molecule has 0 unspecified atom stereocenters. The van der Waals surface area contributed by atoms with Gasteiger partial charge in [0.15, 0.2) is 0 Å². The van der Waals surface area contributed by atoms with E-state index in [1.54, 1.807) is 4.90 Å². The molecule has 1 aromatic rings. The fourth-order valence-electron chi connectivity index (χ4n) is 5.86. The maximum absolute atomic E-state index is 13.4. The monoisotopic (exact) mass is 382 g/mol. The standard InChI is InChI=1S/C22H26N2O4/c25-20(23-8-10-28-11-9-23)17(12-14-4-2-1-3-5-14)24-21(26)18-15-6-7-16(13-15)19(18)22(24)27/h1-5,15-19H,6-13H2/t15-,16+,17-,18+,19+/m1/s1. The van der Waals surface area contributed by atoms with Gasteiger partial charge in [0.05, 0.1) is 25.0 Å². The summed E-state index contributed by atoms with van der Waals surface area (Å²) in [6, 6.07) is 8.94. The summed E-state index contributed by atoms with van der Waals surface area (Å²) in [5.41, 5.74) is 0.967. The number of benzene rings is 1. The van der Waals surface area contributed by atoms with Gasteiger partial charge in [-0.1, -0.05) is 30.3 Å². The van der Waals surface area contributed by atoms with Crippen molar-refractivity contribution in [2.75, 3.05) is 26.3 Å². The topological polar surface area (TPSA) is 66.9 Å². The molecule has 2 aliphatic heterocycles. The number of likely N-dealkylation sites (tertiary alicyclic amines) is 1. The summed E-state index contributed by atoms with van der Waals surface area (Å²) in [6.07, 6.45) is 3.46. The van der Waals surface area contributed by atoms with E-state index in [1.165, 1.54) is 4.90 Å². The molecule has 4 aliphatic rings. The van der Waals surface area contributed by atoms with Gasteiger partial charge in [0.1, 0.15) is 6.04 Å². The number of hydrogen-bond acceptors (Lipinski definition) is 4. The van der Waals surface area contributed by atoms with E-state index in [-0.39, 0.29) is 29.6 Å². The Morgan fingerprint density at radius 1 is 1.00 bits per heavy atom. The van der Waals surface area contributed by atoms with E-state index >= 15 is 0 Å². The maximum atomic E-state index is 13.4. The number of amides is 3. The van der Waals surface area contributed by atoms with Crippen LogP contribution in [-0.4, -0.2) is 59.9 Å². The number of imide groups is 1. The van der Waals surface area contributed by atoms with E-state index in [4.69, 9.17) is 4.74 Å². The van der Waals surface area contributed by atoms with Crippen molar-refractivity contribution in [3.63, 3.8) is 0 Å². The molecule has 3 amide bonds. The Hall–Kier alpha value is -2.21. The van der Waals surface area contributed by atoms with Gasteiger partial charge < -0.3 is 9.64 Å². The quantitative estimate of drug-likeness (QED) is 0.740. The van der Waals surface area contributed by atoms with Gasteiger partial charge in [-0.15, -0.1) is 0 Å². The number of nitrogens with zero attached hydrogens (tertiary/aromatic N) is 2. The summed E-state index contributed by atoms with van der Waals surface area (Å²) >= 11 is 0. The summed E-state index contributed by atoms with van der Waals surface area (Å²) in [6.45, 7) is 2.03. The second-order valence-electron chi connectivity index (χ2n) is 8.57. The minimum Gasteiger partial charge on any atom is -0.378 e. The van der Waals surface area contributed by atoms with Crippen molar-refractivity contribution >= 4 is 17.7 Å². The molecule has 4 fully saturated rings. The Labute approximate surface area is 164 Å². The normalized spacial score (nSPS) is 32.7. The van der Waals surface area contributed by atoms with Crippen LogP contribution in [0.2, 0.25) is 0 Å². The van der Waals surface area contributed by atoms with E-state index in [2.05, 4.69) is 0 Å². The first-order chi connectivity index (χ1) is 13.6. The lowest BCUT2D eigenvalue weighted by atomic mass is 9.81. The first kappa shape index (κ1) is 17.9. The van der Waals surface area contributed by atoms with Crippen molar-refractivity contribution in [1.29, 1.82) is 0 Å². The SMILES string of the molecule is O=C([C@@H](Cc1ccccc1)N1C(=O)[C@H]2[C@@H]3CC[C@@H](C3)[C@@H]2C1=O)N1CCOCC1. The highest BCUT2D eigenvalue weighted by Crippen LogP contribution is 2.56. The minimum absolute atomic E-state index is 0.107. The molecule has 6 nitrogen and oxygen atoms in total. The summed E-state index contributed by atoms with van der Waals surface area (Å²) in [5.74, 6) is -0.0701. The molecule has 0 aromatic heterocycles. The zero-order chi connectivity index (χ0) is 19.3. The van der Waals surface area contributed by atoms with Crippen LogP contribution in [0, 0.1) is 23.7 Å². The lowest BCUT2D eigenvalue weighted by Crippen LogP contribution is -2.55. The lowest BCUT2D eigenvalue weighted by molar-refractivity contribution is -0.154. The molecule has 0 spiro atoms. The molecule has 148 valence electrons. The minimum atomic E-state index is -0.745. The predicted octanol–water partition coefficient (Wildman–Crippen LogP) is 1.49. The van der Waals surface area contributed by atoms with E-state index in [0.29, 0.717) is 44.6 Å². The molecule has 28 heavy (non-hydrogen) atoms. The Morgan fingerprint density at radius 2 is 1.61 bits per heavy atom. The van der Waals surface area contributed by atoms with Gasteiger partial charge in [-0.2, -0.15) is 0 Å². The Morgan fingerprint density at radius 3 is 2.21 bits per heavy atom. The van der Waals surface area contributed by atoms with Crippen LogP contribution in [0.3, 0.4) is 0 Å². The Balaban J connectivity index is 1.46. The smallest absolute Gasteiger partial charge is 0.246 e. The zero-order valence-corrected chi connectivity index (χ0v) is 16.0. The first-order valence-corrected chi connectivity index (χ1v) is 10.4. The van der Waals surface area contributed by atoms with Crippen molar-refractivity contribution < 1.29 is 19.1 Å². The van der Waals surface area contributed by atoms with E-state index in [9.17, 15) is 14.4 Å². The van der Waals surface area contributed by atoms with Crippen LogP contribution in [0.4, 0.5) is 0 Å². The third-order valence-electron chi connectivity index (χ3n) is 7.15. The fraction of sp³-hybridized carbons (Fsp3) is 0.591. The van der Waals surface area contributed by atoms with Crippen molar-refractivity contribution in [1.82, 2.24) is 9.80 Å². The number of fused-ring (bicyclic) bond motifs is 5. The molecule has 2 saturated carbocycles. The number of morpholine rings is 1. The average molecular weight is 382 g/mol. The second kappa shape index (κ2) is 6.99. The molecule has 5 rings (SSSR count). The average Bonchev–Trinajstić information content (AvgIpc) is 3.41. The molecule has 1 aromatic carbocycles. The molecular weight excluding hydrogens is 356 g/mol. The van der Waals surface area contributed by atoms with Gasteiger partial charge in [0.2, 0.25) is 17.7 Å². The number of carbonyl (C=O) groups excluding carboxylic acids is 3. The molecule has 6 heteroatoms. The summed E-state index contributed by atoms with van der Waals surface area (Å²) in [7, 11) is 0. The van der Waals surface area contributed by atoms with Gasteiger partial charge in [0.25, 0.3) is 0 Å². The number of carbonyl (C=O) groups is 3. The third-order valence-corrected chi connectivity index (χ3v) is 7.15. The van der Waals surface area contributed by atoms with Crippen LogP contribution >= 0.6 is 0 Å². The van der Waals surface area contributed by atoms with Crippen molar-refractivity contribution in [2.24, 2.45) is 23.7 Å². The van der Waals surface area contributed by atoms with Gasteiger partial charge >= 0.3 is 0 Å². The van der Waals surface area contributed by atoms with E-state index in [1.807, 2.05) is 30.3 Å². The molecule has 5 atom stereocenters. The highest BCUT2D eigenvalue weighted by atomic mass is 16.5. The Bertz CT molecular complexity index is 761. The largest absolute Gasteiger partial charge is 0.378 e. The molecule has 2 bridgehead atoms. The van der Waals surface area contributed by atoms with Gasteiger partial charge in [-0.25, -0.2) is 0 Å². The molecule has 2 aliphatic carbocycles. The van der Waals surface area contributed by atoms with Crippen LogP contribution in [0.1, 0.15) is 24.8 Å². The number of ether oxygens (including phenoxy) is 1. The summed E-state index contributed by atoms with van der Waals surface area (Å²) in [5, 5.41) is 0. The fourth-order valence-corrected chi connectivity index (χ4v) is 5.86. The molecule has 0 N–H and O–H groups in total. The van der Waals surface area contributed by atoms with Crippen molar-refractivity contribution in [3.05, 3.63) is 35.9 Å². The van der Waals surface area contributed by atoms with Crippen LogP contribution in [0.5, 0.6) is 0 Å². The van der Waals surface area contributed by atoms with Gasteiger partial charge in [-0.3, -0.25) is 19.3 Å². The third kappa shape index (κ3) is 2.77. The second-order valence-corrected chi connectivity index (χ2v) is 8.57. The predicted molar refractivity (Wildman–Crippen MR) is 101 cm³/mol. The van der Waals surface area contributed by atoms with E-state index < -0.39 is 6.04 Å². The van der Waals surface area contributed by atoms with Crippen molar-refractivity contribution in [2.45, 2.75) is 31.7 Å². The highest BCUT2D eigenvalue weighted by Gasteiger charge is 2.62. The summed E-state index contributed by atoms with van der Waals surface area (Å²) < 4.78 is 5.37. The van der Waals surface area contributed by atoms with Crippen LogP contribution in [-0.2, 0) is 25.5 Å². The molecule has 0 radical (unpaired) electrons. The zero-order valence-electron chi connectivity index (χ0n) is 16.0. The molecule has 2 heterocycles. The molecule has 2 saturated heterocycles. The lowest BCUT2D eigenvalue weighted by Gasteiger charge is -2.34. The van der Waals surface area contributed by atoms with Crippen LogP contribution < -0.4 is 0 Å². The molecular formula is C22H26N2O4. The van der Waals surface area contributed by atoms with Gasteiger partial charge in [-0.05, 0) is 36.7 Å². The number of hydrogen-bond donors (Lipinski definition) is 0. The van der Waals surface area contributed by atoms with Gasteiger partial charge in [0, 0.05) is 19.5 Å². The van der Waals surface area contributed by atoms with Crippen LogP contribution in [0.25, 0.3) is 0 Å². The summed E-state index contributed by atoms with van der Waals surface area (Å²) in [4.78, 5) is 43.1.